The molecule has 17 heavy (non-hydrogen) atoms. The zero-order valence-electron chi connectivity index (χ0n) is 9.80. The Balaban J connectivity index is 2.90. The fraction of sp³-hybridized carbons (Fsp3) is 0.500. The molecule has 0 N–H and O–H groups in total. The van der Waals surface area contributed by atoms with Gasteiger partial charge in [-0.25, -0.2) is 0 Å². The summed E-state index contributed by atoms with van der Waals surface area (Å²) in [4.78, 5) is 0. The molecule has 0 radical (unpaired) electrons. The van der Waals surface area contributed by atoms with Crippen LogP contribution < -0.4 is 4.74 Å². The molecular weight excluding hydrogens is 233 g/mol. The van der Waals surface area contributed by atoms with Crippen LogP contribution in [0.5, 0.6) is 5.75 Å². The SMILES string of the molecule is CCc1ccc(C(F)(F)F)cc1OCCOC. The second-order valence-corrected chi connectivity index (χ2v) is 3.52. The Morgan fingerprint density at radius 3 is 2.41 bits per heavy atom. The molecule has 0 aliphatic heterocycles. The molecule has 1 aromatic rings. The molecule has 1 aromatic carbocycles. The van der Waals surface area contributed by atoms with Crippen LogP contribution in [0.25, 0.3) is 0 Å². The molecule has 0 aliphatic rings. The van der Waals surface area contributed by atoms with Gasteiger partial charge in [0, 0.05) is 7.11 Å². The molecule has 0 fully saturated rings. The first-order valence-electron chi connectivity index (χ1n) is 5.31. The predicted octanol–water partition coefficient (Wildman–Crippen LogP) is 3.29. The quantitative estimate of drug-likeness (QED) is 0.744. The summed E-state index contributed by atoms with van der Waals surface area (Å²) in [5.74, 6) is 0.277. The Bertz CT molecular complexity index is 361. The van der Waals surface area contributed by atoms with Crippen molar-refractivity contribution in [2.24, 2.45) is 0 Å². The van der Waals surface area contributed by atoms with Crippen molar-refractivity contribution in [2.45, 2.75) is 19.5 Å². The van der Waals surface area contributed by atoms with Crippen LogP contribution in [0.15, 0.2) is 18.2 Å². The minimum Gasteiger partial charge on any atom is -0.491 e. The van der Waals surface area contributed by atoms with Gasteiger partial charge in [-0.15, -0.1) is 0 Å². The zero-order chi connectivity index (χ0) is 12.9. The summed E-state index contributed by atoms with van der Waals surface area (Å²) in [6.07, 6.45) is -3.72. The van der Waals surface area contributed by atoms with Crippen LogP contribution in [0.2, 0.25) is 0 Å². The Morgan fingerprint density at radius 2 is 1.88 bits per heavy atom. The van der Waals surface area contributed by atoms with Gasteiger partial charge in [-0.1, -0.05) is 13.0 Å². The Labute approximate surface area is 98.3 Å². The minimum atomic E-state index is -4.34. The molecule has 0 saturated heterocycles. The first kappa shape index (κ1) is 13.8. The summed E-state index contributed by atoms with van der Waals surface area (Å²) in [5.41, 5.74) is 0.0659. The van der Waals surface area contributed by atoms with Crippen molar-refractivity contribution < 1.29 is 22.6 Å². The monoisotopic (exact) mass is 248 g/mol. The summed E-state index contributed by atoms with van der Waals surface area (Å²) in [6, 6.07) is 3.56. The molecule has 0 saturated carbocycles. The molecule has 0 aliphatic carbocycles. The highest BCUT2D eigenvalue weighted by Gasteiger charge is 2.31. The molecule has 0 atom stereocenters. The van der Waals surface area contributed by atoms with Gasteiger partial charge in [0.1, 0.15) is 12.4 Å². The van der Waals surface area contributed by atoms with E-state index in [1.165, 1.54) is 13.2 Å². The van der Waals surface area contributed by atoms with E-state index in [0.29, 0.717) is 13.0 Å². The fourth-order valence-corrected chi connectivity index (χ4v) is 1.39. The molecule has 5 heteroatoms. The number of alkyl halides is 3. The Morgan fingerprint density at radius 1 is 1.18 bits per heavy atom. The van der Waals surface area contributed by atoms with Gasteiger partial charge in [0.05, 0.1) is 12.2 Å². The van der Waals surface area contributed by atoms with E-state index >= 15 is 0 Å². The number of methoxy groups -OCH3 is 1. The fourth-order valence-electron chi connectivity index (χ4n) is 1.39. The number of rotatable bonds is 5. The van der Waals surface area contributed by atoms with Crippen molar-refractivity contribution in [3.8, 4) is 5.75 Å². The number of aryl methyl sites for hydroxylation is 1. The average molecular weight is 248 g/mol. The largest absolute Gasteiger partial charge is 0.491 e. The molecular formula is C12H15F3O2. The number of benzene rings is 1. The maximum Gasteiger partial charge on any atom is 0.416 e. The molecule has 0 amide bonds. The number of ether oxygens (including phenoxy) is 2. The van der Waals surface area contributed by atoms with E-state index in [2.05, 4.69) is 0 Å². The molecule has 0 spiro atoms. The van der Waals surface area contributed by atoms with Crippen LogP contribution >= 0.6 is 0 Å². The van der Waals surface area contributed by atoms with E-state index < -0.39 is 11.7 Å². The van der Waals surface area contributed by atoms with Crippen molar-refractivity contribution in [1.82, 2.24) is 0 Å². The number of halogens is 3. The molecule has 0 bridgehead atoms. The van der Waals surface area contributed by atoms with Crippen molar-refractivity contribution in [2.75, 3.05) is 20.3 Å². The lowest BCUT2D eigenvalue weighted by atomic mass is 10.1. The lowest BCUT2D eigenvalue weighted by Gasteiger charge is -2.13. The van der Waals surface area contributed by atoms with Gasteiger partial charge in [0.2, 0.25) is 0 Å². The maximum atomic E-state index is 12.5. The van der Waals surface area contributed by atoms with Gasteiger partial charge in [-0.05, 0) is 24.1 Å². The van der Waals surface area contributed by atoms with Crippen molar-refractivity contribution in [3.63, 3.8) is 0 Å². The van der Waals surface area contributed by atoms with E-state index in [0.717, 1.165) is 17.7 Å². The van der Waals surface area contributed by atoms with Crippen LogP contribution in [0.3, 0.4) is 0 Å². The van der Waals surface area contributed by atoms with Gasteiger partial charge in [0.15, 0.2) is 0 Å². The minimum absolute atomic E-state index is 0.241. The Kier molecular flexibility index (Phi) is 4.81. The summed E-state index contributed by atoms with van der Waals surface area (Å²) in [5, 5.41) is 0. The van der Waals surface area contributed by atoms with Crippen LogP contribution in [-0.4, -0.2) is 20.3 Å². The van der Waals surface area contributed by atoms with E-state index in [9.17, 15) is 13.2 Å². The van der Waals surface area contributed by atoms with Crippen LogP contribution in [0, 0.1) is 0 Å². The molecule has 0 unspecified atom stereocenters. The van der Waals surface area contributed by atoms with Crippen LogP contribution in [-0.2, 0) is 17.3 Å². The molecule has 0 heterocycles. The third-order valence-corrected chi connectivity index (χ3v) is 2.32. The van der Waals surface area contributed by atoms with Gasteiger partial charge in [-0.3, -0.25) is 0 Å². The van der Waals surface area contributed by atoms with E-state index in [1.807, 2.05) is 6.92 Å². The number of hydrogen-bond acceptors (Lipinski definition) is 2. The standard InChI is InChI=1S/C12H15F3O2/c1-3-9-4-5-10(12(13,14)15)8-11(9)17-7-6-16-2/h4-5,8H,3,6-7H2,1-2H3. The van der Waals surface area contributed by atoms with Crippen molar-refractivity contribution in [1.29, 1.82) is 0 Å². The van der Waals surface area contributed by atoms with E-state index in [-0.39, 0.29) is 12.4 Å². The lowest BCUT2D eigenvalue weighted by molar-refractivity contribution is -0.137. The first-order chi connectivity index (χ1) is 7.99. The van der Waals surface area contributed by atoms with Gasteiger partial charge in [0.25, 0.3) is 0 Å². The summed E-state index contributed by atoms with van der Waals surface area (Å²) in [7, 11) is 1.51. The molecule has 96 valence electrons. The highest BCUT2D eigenvalue weighted by Crippen LogP contribution is 2.33. The second-order valence-electron chi connectivity index (χ2n) is 3.52. The number of hydrogen-bond donors (Lipinski definition) is 0. The van der Waals surface area contributed by atoms with Crippen molar-refractivity contribution in [3.05, 3.63) is 29.3 Å². The van der Waals surface area contributed by atoms with E-state index in [1.54, 1.807) is 0 Å². The normalized spacial score (nSPS) is 11.6. The average Bonchev–Trinajstić information content (AvgIpc) is 2.28. The third-order valence-electron chi connectivity index (χ3n) is 2.32. The van der Waals surface area contributed by atoms with Crippen molar-refractivity contribution >= 4 is 0 Å². The van der Waals surface area contributed by atoms with Gasteiger partial charge in [-0.2, -0.15) is 13.2 Å². The topological polar surface area (TPSA) is 18.5 Å². The van der Waals surface area contributed by atoms with Gasteiger partial charge < -0.3 is 9.47 Å². The Hall–Kier alpha value is -1.23. The maximum absolute atomic E-state index is 12.5. The first-order valence-corrected chi connectivity index (χ1v) is 5.31. The smallest absolute Gasteiger partial charge is 0.416 e. The predicted molar refractivity (Wildman–Crippen MR) is 58.2 cm³/mol. The molecule has 2 nitrogen and oxygen atoms in total. The summed E-state index contributed by atoms with van der Waals surface area (Å²) < 4.78 is 47.6. The summed E-state index contributed by atoms with van der Waals surface area (Å²) >= 11 is 0. The highest BCUT2D eigenvalue weighted by atomic mass is 19.4. The van der Waals surface area contributed by atoms with Gasteiger partial charge >= 0.3 is 6.18 Å². The highest BCUT2D eigenvalue weighted by molar-refractivity contribution is 5.38. The summed E-state index contributed by atoms with van der Waals surface area (Å²) in [6.45, 7) is 2.45. The van der Waals surface area contributed by atoms with Crippen LogP contribution in [0.4, 0.5) is 13.2 Å². The third kappa shape index (κ3) is 3.93. The zero-order valence-corrected chi connectivity index (χ0v) is 9.80. The molecule has 0 aromatic heterocycles. The second kappa shape index (κ2) is 5.91. The van der Waals surface area contributed by atoms with E-state index in [4.69, 9.17) is 9.47 Å². The van der Waals surface area contributed by atoms with Crippen LogP contribution in [0.1, 0.15) is 18.1 Å². The molecule has 1 rings (SSSR count). The lowest BCUT2D eigenvalue weighted by Crippen LogP contribution is -2.09.